The first-order chi connectivity index (χ1) is 14.5. The minimum absolute atomic E-state index is 0.0612. The summed E-state index contributed by atoms with van der Waals surface area (Å²) in [4.78, 5) is 39.2. The van der Waals surface area contributed by atoms with Crippen molar-refractivity contribution in [2.24, 2.45) is 4.99 Å². The van der Waals surface area contributed by atoms with Gasteiger partial charge in [0.2, 0.25) is 11.8 Å². The third kappa shape index (κ3) is 5.57. The fourth-order valence-electron chi connectivity index (χ4n) is 2.81. The topological polar surface area (TPSA) is 123 Å². The Morgan fingerprint density at radius 1 is 1.30 bits per heavy atom. The van der Waals surface area contributed by atoms with Crippen molar-refractivity contribution in [1.29, 1.82) is 0 Å². The van der Waals surface area contributed by atoms with Crippen LogP contribution in [0.15, 0.2) is 53.5 Å². The van der Waals surface area contributed by atoms with Crippen molar-refractivity contribution < 1.29 is 19.2 Å². The summed E-state index contributed by atoms with van der Waals surface area (Å²) in [5.41, 5.74) is 1.31. The maximum Gasteiger partial charge on any atom is 0.273 e. The highest BCUT2D eigenvalue weighted by Crippen LogP contribution is 2.30. The number of thioether (sulfide) groups is 1. The molecule has 0 radical (unpaired) electrons. The molecule has 30 heavy (non-hydrogen) atoms. The monoisotopic (exact) mass is 428 g/mol. The van der Waals surface area contributed by atoms with Gasteiger partial charge in [-0.2, -0.15) is 0 Å². The van der Waals surface area contributed by atoms with Crippen LogP contribution in [0.5, 0.6) is 5.75 Å². The van der Waals surface area contributed by atoms with Gasteiger partial charge in [0, 0.05) is 19.0 Å². The minimum atomic E-state index is -0.593. The van der Waals surface area contributed by atoms with Crippen LogP contribution in [0.1, 0.15) is 12.0 Å². The Morgan fingerprint density at radius 2 is 2.07 bits per heavy atom. The molecule has 1 fully saturated rings. The summed E-state index contributed by atoms with van der Waals surface area (Å²) < 4.78 is 5.10. The number of nitrogens with one attached hydrogen (secondary N) is 2. The molecule has 1 aliphatic rings. The first kappa shape index (κ1) is 21.3. The van der Waals surface area contributed by atoms with Crippen molar-refractivity contribution >= 4 is 40.1 Å². The van der Waals surface area contributed by atoms with E-state index in [9.17, 15) is 19.7 Å². The summed E-state index contributed by atoms with van der Waals surface area (Å²) >= 11 is 1.22. The molecule has 156 valence electrons. The number of rotatable bonds is 8. The third-order valence-electron chi connectivity index (χ3n) is 4.32. The van der Waals surface area contributed by atoms with Crippen molar-refractivity contribution in [2.75, 3.05) is 19.0 Å². The van der Waals surface area contributed by atoms with E-state index in [1.165, 1.54) is 37.1 Å². The second kappa shape index (κ2) is 9.88. The summed E-state index contributed by atoms with van der Waals surface area (Å²) in [5, 5.41) is 16.1. The van der Waals surface area contributed by atoms with Gasteiger partial charge in [0.05, 0.1) is 23.8 Å². The zero-order chi connectivity index (χ0) is 21.5. The van der Waals surface area contributed by atoms with Gasteiger partial charge in [0.1, 0.15) is 11.0 Å². The van der Waals surface area contributed by atoms with Gasteiger partial charge in [0.25, 0.3) is 5.69 Å². The molecule has 10 heteroatoms. The zero-order valence-corrected chi connectivity index (χ0v) is 17.0. The predicted molar refractivity (Wildman–Crippen MR) is 115 cm³/mol. The van der Waals surface area contributed by atoms with Crippen LogP contribution in [0, 0.1) is 10.1 Å². The molecule has 9 nitrogen and oxygen atoms in total. The van der Waals surface area contributed by atoms with Gasteiger partial charge in [0.15, 0.2) is 5.17 Å². The third-order valence-corrected chi connectivity index (χ3v) is 5.44. The van der Waals surface area contributed by atoms with Crippen LogP contribution in [0.25, 0.3) is 0 Å². The molecule has 1 unspecified atom stereocenters. The number of benzene rings is 2. The molecule has 1 aliphatic heterocycles. The van der Waals surface area contributed by atoms with E-state index in [1.807, 2.05) is 30.3 Å². The Labute approximate surface area is 177 Å². The Morgan fingerprint density at radius 3 is 2.77 bits per heavy atom. The van der Waals surface area contributed by atoms with Crippen molar-refractivity contribution in [1.82, 2.24) is 5.32 Å². The number of carbonyl (C=O) groups excluding carboxylic acids is 2. The average Bonchev–Trinajstić information content (AvgIpc) is 3.07. The van der Waals surface area contributed by atoms with Crippen molar-refractivity contribution in [3.63, 3.8) is 0 Å². The summed E-state index contributed by atoms with van der Waals surface area (Å²) in [7, 11) is 1.35. The summed E-state index contributed by atoms with van der Waals surface area (Å²) in [6.45, 7) is 0.533. The van der Waals surface area contributed by atoms with Crippen LogP contribution in [-0.2, 0) is 16.0 Å². The number of aliphatic imine (C=N–C) groups is 1. The molecule has 2 N–H and O–H groups in total. The SMILES string of the molecule is COc1cc([N+](=O)[O-])ccc1NC(=O)CC1SC(=NCCc2ccccc2)NC1=O. The maximum absolute atomic E-state index is 12.4. The summed E-state index contributed by atoms with van der Waals surface area (Å²) in [5.74, 6) is -0.506. The van der Waals surface area contributed by atoms with Gasteiger partial charge in [-0.25, -0.2) is 0 Å². The lowest BCUT2D eigenvalue weighted by molar-refractivity contribution is -0.384. The minimum Gasteiger partial charge on any atom is -0.494 e. The van der Waals surface area contributed by atoms with Crippen LogP contribution in [0.4, 0.5) is 11.4 Å². The smallest absolute Gasteiger partial charge is 0.273 e. The van der Waals surface area contributed by atoms with E-state index < -0.39 is 16.1 Å². The highest BCUT2D eigenvalue weighted by molar-refractivity contribution is 8.15. The molecule has 0 spiro atoms. The van der Waals surface area contributed by atoms with Crippen LogP contribution in [0.2, 0.25) is 0 Å². The highest BCUT2D eigenvalue weighted by atomic mass is 32.2. The first-order valence-corrected chi connectivity index (χ1v) is 10.0. The number of amidine groups is 1. The van der Waals surface area contributed by atoms with E-state index in [4.69, 9.17) is 4.74 Å². The van der Waals surface area contributed by atoms with E-state index in [-0.39, 0.29) is 23.8 Å². The number of ether oxygens (including phenoxy) is 1. The molecule has 2 aromatic carbocycles. The number of carbonyl (C=O) groups is 2. The lowest BCUT2D eigenvalue weighted by atomic mass is 10.2. The summed E-state index contributed by atoms with van der Waals surface area (Å²) in [6, 6.07) is 13.8. The fraction of sp³-hybridized carbons (Fsp3) is 0.250. The van der Waals surface area contributed by atoms with Crippen molar-refractivity contribution in [2.45, 2.75) is 18.1 Å². The lowest BCUT2D eigenvalue weighted by Crippen LogP contribution is -2.28. The van der Waals surface area contributed by atoms with Gasteiger partial charge in [-0.05, 0) is 18.1 Å². The molecule has 1 heterocycles. The molecule has 1 saturated heterocycles. The van der Waals surface area contributed by atoms with Gasteiger partial charge in [-0.1, -0.05) is 42.1 Å². The average molecular weight is 428 g/mol. The number of nitrogens with zero attached hydrogens (tertiary/aromatic N) is 2. The molecule has 3 rings (SSSR count). The quantitative estimate of drug-likeness (QED) is 0.492. The van der Waals surface area contributed by atoms with E-state index in [0.29, 0.717) is 17.4 Å². The van der Waals surface area contributed by atoms with E-state index >= 15 is 0 Å². The molecular formula is C20H20N4O5S. The molecule has 0 saturated carbocycles. The predicted octanol–water partition coefficient (Wildman–Crippen LogP) is 2.76. The van der Waals surface area contributed by atoms with Gasteiger partial charge in [-0.15, -0.1) is 0 Å². The largest absolute Gasteiger partial charge is 0.494 e. The Kier molecular flexibility index (Phi) is 7.02. The molecule has 2 amide bonds. The number of amides is 2. The van der Waals surface area contributed by atoms with Gasteiger partial charge >= 0.3 is 0 Å². The van der Waals surface area contributed by atoms with Crippen LogP contribution < -0.4 is 15.4 Å². The second-order valence-corrected chi connectivity index (χ2v) is 7.60. The fourth-order valence-corrected chi connectivity index (χ4v) is 3.81. The van der Waals surface area contributed by atoms with Crippen LogP contribution >= 0.6 is 11.8 Å². The number of anilines is 1. The normalized spacial score (nSPS) is 16.9. The van der Waals surface area contributed by atoms with E-state index in [2.05, 4.69) is 15.6 Å². The number of nitro groups is 1. The second-order valence-electron chi connectivity index (χ2n) is 6.41. The Bertz CT molecular complexity index is 980. The van der Waals surface area contributed by atoms with Crippen molar-refractivity contribution in [3.8, 4) is 5.75 Å². The van der Waals surface area contributed by atoms with Crippen LogP contribution in [0.3, 0.4) is 0 Å². The molecule has 0 bridgehead atoms. The maximum atomic E-state index is 12.4. The lowest BCUT2D eigenvalue weighted by Gasteiger charge is -2.11. The van der Waals surface area contributed by atoms with E-state index in [0.717, 1.165) is 12.0 Å². The molecule has 0 aromatic heterocycles. The highest BCUT2D eigenvalue weighted by Gasteiger charge is 2.32. The Balaban J connectivity index is 1.55. The molecular weight excluding hydrogens is 408 g/mol. The van der Waals surface area contributed by atoms with Gasteiger partial charge in [-0.3, -0.25) is 24.7 Å². The number of non-ortho nitro benzene ring substituents is 1. The molecule has 0 aliphatic carbocycles. The number of nitro benzene ring substituents is 1. The summed E-state index contributed by atoms with van der Waals surface area (Å²) in [6.07, 6.45) is 0.695. The first-order valence-electron chi connectivity index (χ1n) is 9.14. The van der Waals surface area contributed by atoms with E-state index in [1.54, 1.807) is 0 Å². The number of methoxy groups -OCH3 is 1. The standard InChI is InChI=1S/C20H20N4O5S/c1-29-16-11-14(24(27)28)7-8-15(16)22-18(25)12-17-19(26)23-20(30-17)21-10-9-13-5-3-2-4-6-13/h2-8,11,17H,9-10,12H2,1H3,(H,22,25)(H,21,23,26). The molecule has 1 atom stereocenters. The van der Waals surface area contributed by atoms with Gasteiger partial charge < -0.3 is 15.4 Å². The number of hydrogen-bond donors (Lipinski definition) is 2. The Hall–Kier alpha value is -3.40. The number of hydrogen-bond acceptors (Lipinski definition) is 7. The van der Waals surface area contributed by atoms with Crippen LogP contribution in [-0.4, -0.2) is 40.8 Å². The van der Waals surface area contributed by atoms with Crippen molar-refractivity contribution in [3.05, 3.63) is 64.2 Å². The molecule has 2 aromatic rings. The zero-order valence-electron chi connectivity index (χ0n) is 16.2.